The number of carbonyl (C=O) groups excluding carboxylic acids is 1. The van der Waals surface area contributed by atoms with Crippen LogP contribution < -0.4 is 5.32 Å². The van der Waals surface area contributed by atoms with E-state index in [-0.39, 0.29) is 11.8 Å². The molecule has 24 heavy (non-hydrogen) atoms. The van der Waals surface area contributed by atoms with E-state index in [4.69, 9.17) is 6.42 Å². The lowest BCUT2D eigenvalue weighted by molar-refractivity contribution is -0.126. The molecule has 1 saturated heterocycles. The van der Waals surface area contributed by atoms with Crippen molar-refractivity contribution in [3.63, 3.8) is 0 Å². The molecule has 1 aromatic heterocycles. The highest BCUT2D eigenvalue weighted by Crippen LogP contribution is 2.24. The van der Waals surface area contributed by atoms with E-state index in [1.165, 1.54) is 16.7 Å². The second-order valence-electron chi connectivity index (χ2n) is 6.21. The van der Waals surface area contributed by atoms with Crippen molar-refractivity contribution in [3.8, 4) is 23.5 Å². The first kappa shape index (κ1) is 16.8. The predicted octanol–water partition coefficient (Wildman–Crippen LogP) is 3.38. The smallest absolute Gasteiger partial charge is 0.225 e. The van der Waals surface area contributed by atoms with Crippen LogP contribution in [0.3, 0.4) is 0 Å². The normalized spacial score (nSPS) is 18.0. The third-order valence-electron chi connectivity index (χ3n) is 4.43. The Morgan fingerprint density at radius 1 is 1.38 bits per heavy atom. The number of nitrogens with one attached hydrogen (secondary N) is 1. The van der Waals surface area contributed by atoms with Gasteiger partial charge in [-0.2, -0.15) is 11.3 Å². The molecule has 4 heteroatoms. The molecular formula is C20H22N2OS. The molecule has 1 amide bonds. The molecule has 2 heterocycles. The molecule has 2 aromatic rings. The zero-order chi connectivity index (χ0) is 16.8. The van der Waals surface area contributed by atoms with Crippen LogP contribution in [-0.4, -0.2) is 30.4 Å². The number of benzene rings is 1. The Morgan fingerprint density at radius 2 is 2.29 bits per heavy atom. The minimum absolute atomic E-state index is 0.0483. The molecule has 0 spiro atoms. The zero-order valence-electron chi connectivity index (χ0n) is 13.7. The molecule has 0 aliphatic carbocycles. The first-order valence-electron chi connectivity index (χ1n) is 8.31. The monoisotopic (exact) mass is 338 g/mol. The molecule has 1 aliphatic rings. The molecule has 1 unspecified atom stereocenters. The quantitative estimate of drug-likeness (QED) is 0.848. The van der Waals surface area contributed by atoms with Crippen molar-refractivity contribution in [2.45, 2.75) is 19.4 Å². The summed E-state index contributed by atoms with van der Waals surface area (Å²) in [5.41, 5.74) is 3.82. The summed E-state index contributed by atoms with van der Waals surface area (Å²) in [5.74, 6) is 2.60. The number of hydrogen-bond acceptors (Lipinski definition) is 3. The third kappa shape index (κ3) is 4.25. The maximum absolute atomic E-state index is 12.1. The zero-order valence-corrected chi connectivity index (χ0v) is 14.5. The summed E-state index contributed by atoms with van der Waals surface area (Å²) in [6.45, 7) is 3.05. The van der Waals surface area contributed by atoms with Crippen LogP contribution in [-0.2, 0) is 11.3 Å². The molecule has 124 valence electrons. The Bertz CT molecular complexity index is 717. The van der Waals surface area contributed by atoms with E-state index in [1.807, 2.05) is 0 Å². The number of likely N-dealkylation sites (tertiary alicyclic amines) is 1. The lowest BCUT2D eigenvalue weighted by Crippen LogP contribution is -2.42. The first-order chi connectivity index (χ1) is 11.8. The summed E-state index contributed by atoms with van der Waals surface area (Å²) in [6, 6.07) is 10.8. The van der Waals surface area contributed by atoms with Crippen molar-refractivity contribution in [2.75, 3.05) is 19.6 Å². The van der Waals surface area contributed by atoms with Gasteiger partial charge in [0.2, 0.25) is 5.91 Å². The fraction of sp³-hybridized carbons (Fsp3) is 0.350. The van der Waals surface area contributed by atoms with Gasteiger partial charge in [-0.1, -0.05) is 24.1 Å². The van der Waals surface area contributed by atoms with Gasteiger partial charge in [-0.05, 0) is 59.0 Å². The fourth-order valence-electron chi connectivity index (χ4n) is 3.23. The van der Waals surface area contributed by atoms with Crippen molar-refractivity contribution in [1.82, 2.24) is 10.2 Å². The lowest BCUT2D eigenvalue weighted by Gasteiger charge is -2.32. The van der Waals surface area contributed by atoms with Crippen molar-refractivity contribution in [2.24, 2.45) is 5.92 Å². The number of rotatable bonds is 5. The Kier molecular flexibility index (Phi) is 5.68. The van der Waals surface area contributed by atoms with Gasteiger partial charge < -0.3 is 5.32 Å². The number of hydrogen-bond donors (Lipinski definition) is 1. The molecule has 1 aliphatic heterocycles. The fourth-order valence-corrected chi connectivity index (χ4v) is 3.90. The van der Waals surface area contributed by atoms with E-state index in [2.05, 4.69) is 57.2 Å². The number of nitrogens with zero attached hydrogens (tertiary/aromatic N) is 1. The van der Waals surface area contributed by atoms with E-state index in [1.54, 1.807) is 11.3 Å². The van der Waals surface area contributed by atoms with Gasteiger partial charge in [-0.25, -0.2) is 0 Å². The average Bonchev–Trinajstić information content (AvgIpc) is 3.15. The van der Waals surface area contributed by atoms with Gasteiger partial charge in [0, 0.05) is 13.1 Å². The topological polar surface area (TPSA) is 32.3 Å². The predicted molar refractivity (Wildman–Crippen MR) is 99.6 cm³/mol. The van der Waals surface area contributed by atoms with Gasteiger partial charge in [0.1, 0.15) is 0 Å². The first-order valence-corrected chi connectivity index (χ1v) is 9.25. The van der Waals surface area contributed by atoms with Crippen LogP contribution in [0.15, 0.2) is 41.1 Å². The Labute approximate surface area is 147 Å². The minimum Gasteiger partial charge on any atom is -0.345 e. The van der Waals surface area contributed by atoms with Crippen molar-refractivity contribution < 1.29 is 4.79 Å². The average molecular weight is 338 g/mol. The number of amides is 1. The van der Waals surface area contributed by atoms with Crippen LogP contribution in [0.4, 0.5) is 0 Å². The van der Waals surface area contributed by atoms with Crippen LogP contribution >= 0.6 is 11.3 Å². The van der Waals surface area contributed by atoms with E-state index in [0.29, 0.717) is 6.54 Å². The summed E-state index contributed by atoms with van der Waals surface area (Å²) in [4.78, 5) is 14.5. The molecule has 0 bridgehead atoms. The van der Waals surface area contributed by atoms with Crippen molar-refractivity contribution in [1.29, 1.82) is 0 Å². The third-order valence-corrected chi connectivity index (χ3v) is 5.11. The maximum atomic E-state index is 12.1. The molecule has 1 N–H and O–H groups in total. The maximum Gasteiger partial charge on any atom is 0.225 e. The van der Waals surface area contributed by atoms with Gasteiger partial charge in [-0.15, -0.1) is 6.42 Å². The number of terminal acetylenes is 1. The summed E-state index contributed by atoms with van der Waals surface area (Å²) in [6.07, 6.45) is 7.22. The second kappa shape index (κ2) is 8.14. The number of thiophene rings is 1. The lowest BCUT2D eigenvalue weighted by atomic mass is 9.96. The van der Waals surface area contributed by atoms with Crippen LogP contribution in [0.1, 0.15) is 18.4 Å². The molecule has 3 nitrogen and oxygen atoms in total. The van der Waals surface area contributed by atoms with Crippen molar-refractivity contribution >= 4 is 17.2 Å². The summed E-state index contributed by atoms with van der Waals surface area (Å²) < 4.78 is 0. The largest absolute Gasteiger partial charge is 0.345 e. The van der Waals surface area contributed by atoms with Gasteiger partial charge in [0.25, 0.3) is 0 Å². The van der Waals surface area contributed by atoms with E-state index in [0.717, 1.165) is 32.5 Å². The van der Waals surface area contributed by atoms with Crippen LogP contribution in [0, 0.1) is 18.3 Å². The summed E-state index contributed by atoms with van der Waals surface area (Å²) >= 11 is 1.72. The summed E-state index contributed by atoms with van der Waals surface area (Å²) in [5, 5.41) is 7.09. The highest BCUT2D eigenvalue weighted by Gasteiger charge is 2.25. The highest BCUT2D eigenvalue weighted by molar-refractivity contribution is 7.08. The molecule has 3 rings (SSSR count). The molecular weight excluding hydrogens is 316 g/mol. The Balaban J connectivity index is 1.62. The van der Waals surface area contributed by atoms with Gasteiger partial charge in [0.05, 0.1) is 12.5 Å². The number of carbonyl (C=O) groups is 1. The Morgan fingerprint density at radius 3 is 3.08 bits per heavy atom. The van der Waals surface area contributed by atoms with Gasteiger partial charge in [0.15, 0.2) is 0 Å². The van der Waals surface area contributed by atoms with E-state index < -0.39 is 0 Å². The molecule has 1 atom stereocenters. The van der Waals surface area contributed by atoms with E-state index >= 15 is 0 Å². The van der Waals surface area contributed by atoms with Gasteiger partial charge in [-0.3, -0.25) is 9.69 Å². The van der Waals surface area contributed by atoms with Gasteiger partial charge >= 0.3 is 0 Å². The number of piperidine rings is 1. The second-order valence-corrected chi connectivity index (χ2v) is 6.99. The Hall–Kier alpha value is -2.09. The van der Waals surface area contributed by atoms with Crippen LogP contribution in [0.5, 0.6) is 0 Å². The SMILES string of the molecule is C#CCNC(=O)C1CCCN(Cc2cccc(-c3ccsc3)c2)C1. The molecule has 1 aromatic carbocycles. The van der Waals surface area contributed by atoms with Crippen molar-refractivity contribution in [3.05, 3.63) is 46.7 Å². The van der Waals surface area contributed by atoms with Crippen LogP contribution in [0.25, 0.3) is 11.1 Å². The molecule has 0 radical (unpaired) electrons. The minimum atomic E-state index is 0.0483. The van der Waals surface area contributed by atoms with E-state index in [9.17, 15) is 4.79 Å². The molecule has 0 saturated carbocycles. The van der Waals surface area contributed by atoms with Crippen LogP contribution in [0.2, 0.25) is 0 Å². The highest BCUT2D eigenvalue weighted by atomic mass is 32.1. The standard InChI is InChI=1S/C20H22N2OS/c1-2-9-21-20(23)18-7-4-10-22(14-18)13-16-5-3-6-17(12-16)19-8-11-24-15-19/h1,3,5-6,8,11-12,15,18H,4,7,9-10,13-14H2,(H,21,23). The molecule has 1 fully saturated rings. The summed E-state index contributed by atoms with van der Waals surface area (Å²) in [7, 11) is 0.